The molecule has 4 rings (SSSR count). The number of aliphatic imine (C=N–C) groups is 1. The van der Waals surface area contributed by atoms with E-state index in [1.54, 1.807) is 43.7 Å². The van der Waals surface area contributed by atoms with Crippen LogP contribution >= 0.6 is 12.2 Å². The number of aromatic hydroxyl groups is 1. The fourth-order valence-corrected chi connectivity index (χ4v) is 3.25. The predicted octanol–water partition coefficient (Wildman–Crippen LogP) is 3.87. The number of allylic oxidation sites excluding steroid dienone is 1. The summed E-state index contributed by atoms with van der Waals surface area (Å²) in [5.74, 6) is 0.360. The van der Waals surface area contributed by atoms with Gasteiger partial charge in [0.1, 0.15) is 11.3 Å². The number of rotatable bonds is 3. The molecule has 6 nitrogen and oxygen atoms in total. The van der Waals surface area contributed by atoms with E-state index < -0.39 is 5.56 Å². The van der Waals surface area contributed by atoms with Crippen molar-refractivity contribution in [3.8, 4) is 17.3 Å². The molecule has 2 aromatic carbocycles. The second-order valence-electron chi connectivity index (χ2n) is 5.91. The first-order valence-electron chi connectivity index (χ1n) is 8.16. The van der Waals surface area contributed by atoms with Crippen LogP contribution in [0.3, 0.4) is 0 Å². The lowest BCUT2D eigenvalue weighted by molar-refractivity contribution is 0.413. The Morgan fingerprint density at radius 1 is 1.22 bits per heavy atom. The normalized spacial score (nSPS) is 13.7. The fraction of sp³-hybridized carbons (Fsp3) is 0.0500. The number of H-pyrrole nitrogens is 1. The second kappa shape index (κ2) is 6.69. The van der Waals surface area contributed by atoms with E-state index in [1.807, 2.05) is 24.3 Å². The van der Waals surface area contributed by atoms with Crippen LogP contribution in [-0.4, -0.2) is 28.0 Å². The van der Waals surface area contributed by atoms with Gasteiger partial charge in [-0.3, -0.25) is 19.3 Å². The summed E-state index contributed by atoms with van der Waals surface area (Å²) >= 11 is 5.25. The molecule has 0 saturated carbocycles. The van der Waals surface area contributed by atoms with Crippen LogP contribution in [0.15, 0.2) is 58.3 Å². The van der Waals surface area contributed by atoms with Crippen molar-refractivity contribution >= 4 is 35.8 Å². The Morgan fingerprint density at radius 2 is 2.04 bits per heavy atom. The van der Waals surface area contributed by atoms with Gasteiger partial charge < -0.3 is 9.84 Å². The summed E-state index contributed by atoms with van der Waals surface area (Å²) in [6.45, 7) is 0. The Hall–Kier alpha value is -3.45. The van der Waals surface area contributed by atoms with E-state index in [4.69, 9.17) is 17.0 Å². The first-order valence-corrected chi connectivity index (χ1v) is 8.57. The zero-order valence-electron chi connectivity index (χ0n) is 14.3. The van der Waals surface area contributed by atoms with Crippen molar-refractivity contribution in [3.05, 3.63) is 74.8 Å². The zero-order chi connectivity index (χ0) is 19.0. The number of aromatic nitrogens is 2. The molecule has 2 N–H and O–H groups in total. The van der Waals surface area contributed by atoms with Crippen LogP contribution in [0.4, 0.5) is 5.69 Å². The molecule has 7 heteroatoms. The molecule has 1 aliphatic rings. The lowest BCUT2D eigenvalue weighted by atomic mass is 10.1. The molecule has 0 saturated heterocycles. The van der Waals surface area contributed by atoms with E-state index in [0.29, 0.717) is 11.4 Å². The minimum Gasteiger partial charge on any atom is -0.497 e. The van der Waals surface area contributed by atoms with Gasteiger partial charge in [-0.05, 0) is 36.5 Å². The van der Waals surface area contributed by atoms with Crippen LogP contribution in [0.2, 0.25) is 0 Å². The maximum atomic E-state index is 12.5. The quantitative estimate of drug-likeness (QED) is 0.679. The van der Waals surface area contributed by atoms with E-state index in [1.165, 1.54) is 4.57 Å². The smallest absolute Gasteiger partial charge is 0.262 e. The van der Waals surface area contributed by atoms with Crippen molar-refractivity contribution in [2.24, 2.45) is 4.99 Å². The fourth-order valence-electron chi connectivity index (χ4n) is 2.97. The van der Waals surface area contributed by atoms with Gasteiger partial charge in [0.15, 0.2) is 4.77 Å². The average molecular weight is 377 g/mol. The third kappa shape index (κ3) is 2.98. The maximum absolute atomic E-state index is 12.5. The summed E-state index contributed by atoms with van der Waals surface area (Å²) in [5.41, 5.74) is 2.66. The van der Waals surface area contributed by atoms with Crippen LogP contribution in [0.25, 0.3) is 17.3 Å². The Bertz CT molecular complexity index is 1220. The Balaban J connectivity index is 1.91. The molecule has 0 atom stereocenters. The molecule has 0 spiro atoms. The monoisotopic (exact) mass is 377 g/mol. The van der Waals surface area contributed by atoms with E-state index >= 15 is 0 Å². The van der Waals surface area contributed by atoms with E-state index in [-0.39, 0.29) is 16.2 Å². The van der Waals surface area contributed by atoms with Gasteiger partial charge in [0.2, 0.25) is 5.88 Å². The molecule has 0 fully saturated rings. The summed E-state index contributed by atoms with van der Waals surface area (Å²) in [5, 5.41) is 10.8. The molecule has 0 bridgehead atoms. The highest BCUT2D eigenvalue weighted by atomic mass is 32.1. The largest absolute Gasteiger partial charge is 0.497 e. The van der Waals surface area contributed by atoms with Crippen molar-refractivity contribution < 1.29 is 9.84 Å². The number of benzene rings is 2. The van der Waals surface area contributed by atoms with Crippen molar-refractivity contribution in [1.29, 1.82) is 0 Å². The number of methoxy groups -OCH3 is 1. The van der Waals surface area contributed by atoms with Gasteiger partial charge in [0.05, 0.1) is 18.5 Å². The highest BCUT2D eigenvalue weighted by Gasteiger charge is 2.16. The summed E-state index contributed by atoms with van der Waals surface area (Å²) in [7, 11) is 1.55. The molecule has 2 heterocycles. The molecule has 27 heavy (non-hydrogen) atoms. The number of nitrogens with one attached hydrogen (secondary N) is 1. The van der Waals surface area contributed by atoms with Crippen LogP contribution in [0.5, 0.6) is 11.6 Å². The minimum absolute atomic E-state index is 0.0911. The van der Waals surface area contributed by atoms with E-state index in [2.05, 4.69) is 9.98 Å². The topological polar surface area (TPSA) is 79.6 Å². The Morgan fingerprint density at radius 3 is 2.85 bits per heavy atom. The second-order valence-corrected chi connectivity index (χ2v) is 6.30. The van der Waals surface area contributed by atoms with Crippen molar-refractivity contribution in [1.82, 2.24) is 9.55 Å². The minimum atomic E-state index is -0.470. The molecule has 1 aromatic heterocycles. The molecular weight excluding hydrogens is 362 g/mol. The SMILES string of the molecule is COc1cccc(-n2c(O)c(/C=C3\C=Nc4ccccc43)c(=O)[nH]c2=S)c1. The maximum Gasteiger partial charge on any atom is 0.262 e. The van der Waals surface area contributed by atoms with Gasteiger partial charge in [-0.2, -0.15) is 0 Å². The molecule has 3 aromatic rings. The molecule has 0 unspecified atom stereocenters. The number of para-hydroxylation sites is 1. The summed E-state index contributed by atoms with van der Waals surface area (Å²) in [6.07, 6.45) is 3.27. The number of hydrogen-bond acceptors (Lipinski definition) is 5. The van der Waals surface area contributed by atoms with E-state index in [0.717, 1.165) is 16.8 Å². The lowest BCUT2D eigenvalue weighted by Gasteiger charge is -2.12. The molecule has 0 radical (unpaired) electrons. The van der Waals surface area contributed by atoms with Gasteiger partial charge in [-0.25, -0.2) is 0 Å². The van der Waals surface area contributed by atoms with Crippen LogP contribution in [0.1, 0.15) is 11.1 Å². The number of nitrogens with zero attached hydrogens (tertiary/aromatic N) is 2. The molecule has 0 amide bonds. The lowest BCUT2D eigenvalue weighted by Crippen LogP contribution is -2.16. The summed E-state index contributed by atoms with van der Waals surface area (Å²) < 4.78 is 6.71. The van der Waals surface area contributed by atoms with Crippen LogP contribution in [-0.2, 0) is 0 Å². The number of hydrogen-bond donors (Lipinski definition) is 2. The highest BCUT2D eigenvalue weighted by molar-refractivity contribution is 7.71. The average Bonchev–Trinajstić information content (AvgIpc) is 3.08. The number of ether oxygens (including phenoxy) is 1. The Kier molecular flexibility index (Phi) is 4.21. The predicted molar refractivity (Wildman–Crippen MR) is 108 cm³/mol. The van der Waals surface area contributed by atoms with Gasteiger partial charge in [0, 0.05) is 23.4 Å². The molecular formula is C20H15N3O3S. The molecule has 1 aliphatic heterocycles. The Labute approximate surface area is 159 Å². The third-order valence-corrected chi connectivity index (χ3v) is 4.57. The number of aromatic amines is 1. The zero-order valence-corrected chi connectivity index (χ0v) is 15.2. The summed E-state index contributed by atoms with van der Waals surface area (Å²) in [6, 6.07) is 14.6. The van der Waals surface area contributed by atoms with E-state index in [9.17, 15) is 9.90 Å². The highest BCUT2D eigenvalue weighted by Crippen LogP contribution is 2.33. The van der Waals surface area contributed by atoms with Crippen LogP contribution in [0, 0.1) is 4.77 Å². The summed E-state index contributed by atoms with van der Waals surface area (Å²) in [4.78, 5) is 19.4. The van der Waals surface area contributed by atoms with Crippen LogP contribution < -0.4 is 10.3 Å². The van der Waals surface area contributed by atoms with Gasteiger partial charge in [0.25, 0.3) is 5.56 Å². The molecule has 0 aliphatic carbocycles. The van der Waals surface area contributed by atoms with Gasteiger partial charge >= 0.3 is 0 Å². The first-order chi connectivity index (χ1) is 13.1. The van der Waals surface area contributed by atoms with Crippen molar-refractivity contribution in [2.75, 3.05) is 7.11 Å². The molecule has 134 valence electrons. The van der Waals surface area contributed by atoms with Gasteiger partial charge in [-0.15, -0.1) is 0 Å². The number of fused-ring (bicyclic) bond motifs is 1. The van der Waals surface area contributed by atoms with Gasteiger partial charge in [-0.1, -0.05) is 24.3 Å². The van der Waals surface area contributed by atoms with Crippen molar-refractivity contribution in [3.63, 3.8) is 0 Å². The standard InChI is InChI=1S/C20H15N3O3S/c1-26-14-6-4-5-13(10-14)23-19(25)16(18(24)22-20(23)27)9-12-11-21-17-8-3-2-7-15(12)17/h2-11,25H,1H3,(H,22,24,27)/b12-9+. The first kappa shape index (κ1) is 17.0. The van der Waals surface area contributed by atoms with Crippen molar-refractivity contribution in [2.45, 2.75) is 0 Å². The third-order valence-electron chi connectivity index (χ3n) is 4.29.